The first-order chi connectivity index (χ1) is 13.1. The predicted octanol–water partition coefficient (Wildman–Crippen LogP) is 7.35. The Bertz CT molecular complexity index is 290. The highest BCUT2D eigenvalue weighted by molar-refractivity contribution is 4.58. The summed E-state index contributed by atoms with van der Waals surface area (Å²) in [5, 5.41) is 22.9. The largest absolute Gasteiger partial charge is 0.633 e. The Labute approximate surface area is 171 Å². The van der Waals surface area contributed by atoms with Crippen LogP contribution in [0.25, 0.3) is 0 Å². The van der Waals surface area contributed by atoms with E-state index in [1.165, 1.54) is 83.5 Å². The molecule has 0 aromatic carbocycles. The molecule has 0 aromatic rings. The van der Waals surface area contributed by atoms with Gasteiger partial charge in [0.15, 0.2) is 0 Å². The number of nitrogens with zero attached hydrogens (tertiary/aromatic N) is 1. The maximum Gasteiger partial charge on any atom is 0.105 e. The third-order valence-corrected chi connectivity index (χ3v) is 5.70. The normalized spacial score (nSPS) is 13.2. The van der Waals surface area contributed by atoms with Gasteiger partial charge in [0.1, 0.15) is 12.6 Å². The number of rotatable bonds is 21. The minimum atomic E-state index is -0.419. The second-order valence-corrected chi connectivity index (χ2v) is 8.73. The van der Waals surface area contributed by atoms with Crippen LogP contribution in [0.5, 0.6) is 0 Å². The van der Waals surface area contributed by atoms with Crippen molar-refractivity contribution in [1.82, 2.24) is 0 Å². The highest BCUT2D eigenvalue weighted by Gasteiger charge is 2.19. The Morgan fingerprint density at radius 1 is 0.593 bits per heavy atom. The van der Waals surface area contributed by atoms with E-state index in [-0.39, 0.29) is 4.65 Å². The fourth-order valence-corrected chi connectivity index (χ4v) is 4.16. The van der Waals surface area contributed by atoms with Gasteiger partial charge in [0.05, 0.1) is 13.1 Å². The van der Waals surface area contributed by atoms with Gasteiger partial charge in [0.2, 0.25) is 0 Å². The van der Waals surface area contributed by atoms with E-state index in [1.807, 2.05) is 0 Å². The van der Waals surface area contributed by atoms with E-state index < -0.39 is 6.10 Å². The van der Waals surface area contributed by atoms with Crippen LogP contribution in [0, 0.1) is 5.21 Å². The van der Waals surface area contributed by atoms with E-state index in [1.54, 1.807) is 0 Å². The van der Waals surface area contributed by atoms with Crippen LogP contribution in [0.4, 0.5) is 0 Å². The fourth-order valence-electron chi connectivity index (χ4n) is 4.16. The number of aliphatic hydroxyl groups is 1. The summed E-state index contributed by atoms with van der Waals surface area (Å²) in [6.45, 7) is 8.06. The Morgan fingerprint density at radius 3 is 1.33 bits per heavy atom. The maximum absolute atomic E-state index is 12.6. The monoisotopic (exact) mass is 385 g/mol. The summed E-state index contributed by atoms with van der Waals surface area (Å²) in [6, 6.07) is 0. The molecule has 0 aliphatic carbocycles. The topological polar surface area (TPSA) is 43.3 Å². The fraction of sp³-hybridized carbons (Fsp3) is 1.00. The SMILES string of the molecule is CCCCCCCCCCCCCCCCC(O)C[N+]([O-])(CCC)CCC. The summed E-state index contributed by atoms with van der Waals surface area (Å²) in [5.41, 5.74) is 0. The lowest BCUT2D eigenvalue weighted by atomic mass is 10.0. The average Bonchev–Trinajstić information content (AvgIpc) is 2.62. The molecule has 0 amide bonds. The van der Waals surface area contributed by atoms with Crippen LogP contribution in [0.2, 0.25) is 0 Å². The summed E-state index contributed by atoms with van der Waals surface area (Å²) >= 11 is 0. The van der Waals surface area contributed by atoms with Crippen molar-refractivity contribution in [2.45, 2.75) is 136 Å². The standard InChI is InChI=1S/C24H51NO2/c1-4-7-8-9-10-11-12-13-14-15-16-17-18-19-20-24(26)23-25(27,21-5-2)22-6-3/h24,26H,4-23H2,1-3H3. The highest BCUT2D eigenvalue weighted by Crippen LogP contribution is 2.15. The average molecular weight is 386 g/mol. The number of hydrogen-bond acceptors (Lipinski definition) is 2. The van der Waals surface area contributed by atoms with Gasteiger partial charge in [-0.1, -0.05) is 111 Å². The first kappa shape index (κ1) is 26.9. The zero-order valence-electron chi connectivity index (χ0n) is 19.0. The van der Waals surface area contributed by atoms with Crippen molar-refractivity contribution in [1.29, 1.82) is 0 Å². The summed E-state index contributed by atoms with van der Waals surface area (Å²) < 4.78 is -0.202. The van der Waals surface area contributed by atoms with E-state index in [9.17, 15) is 10.3 Å². The molecule has 0 heterocycles. The number of unbranched alkanes of at least 4 members (excludes halogenated alkanes) is 13. The van der Waals surface area contributed by atoms with Crippen LogP contribution in [0.15, 0.2) is 0 Å². The second-order valence-electron chi connectivity index (χ2n) is 8.73. The van der Waals surface area contributed by atoms with Gasteiger partial charge >= 0.3 is 0 Å². The smallest absolute Gasteiger partial charge is 0.105 e. The molecule has 27 heavy (non-hydrogen) atoms. The molecule has 0 radical (unpaired) electrons. The second kappa shape index (κ2) is 19.2. The van der Waals surface area contributed by atoms with Crippen molar-refractivity contribution in [3.05, 3.63) is 5.21 Å². The van der Waals surface area contributed by atoms with E-state index in [0.717, 1.165) is 25.7 Å². The number of quaternary nitrogens is 1. The first-order valence-electron chi connectivity index (χ1n) is 12.3. The van der Waals surface area contributed by atoms with E-state index in [0.29, 0.717) is 19.6 Å². The quantitative estimate of drug-likeness (QED) is 0.127. The third kappa shape index (κ3) is 17.7. The summed E-state index contributed by atoms with van der Waals surface area (Å²) in [7, 11) is 0. The van der Waals surface area contributed by atoms with Crippen molar-refractivity contribution in [3.63, 3.8) is 0 Å². The van der Waals surface area contributed by atoms with Gasteiger partial charge < -0.3 is 15.0 Å². The molecule has 1 atom stereocenters. The van der Waals surface area contributed by atoms with Gasteiger partial charge in [-0.25, -0.2) is 0 Å². The highest BCUT2D eigenvalue weighted by atomic mass is 16.5. The van der Waals surface area contributed by atoms with Crippen LogP contribution in [-0.4, -0.2) is 35.5 Å². The lowest BCUT2D eigenvalue weighted by Crippen LogP contribution is -2.48. The van der Waals surface area contributed by atoms with E-state index in [4.69, 9.17) is 0 Å². The predicted molar refractivity (Wildman–Crippen MR) is 120 cm³/mol. The van der Waals surface area contributed by atoms with Crippen molar-refractivity contribution in [3.8, 4) is 0 Å². The molecule has 3 heteroatoms. The van der Waals surface area contributed by atoms with Crippen LogP contribution in [0.1, 0.15) is 130 Å². The molecule has 3 nitrogen and oxygen atoms in total. The Kier molecular flexibility index (Phi) is 19.1. The van der Waals surface area contributed by atoms with Crippen molar-refractivity contribution < 1.29 is 9.75 Å². The molecule has 0 fully saturated rings. The summed E-state index contributed by atoms with van der Waals surface area (Å²) in [6.07, 6.45) is 21.1. The maximum atomic E-state index is 12.6. The number of hydroxylamine groups is 3. The van der Waals surface area contributed by atoms with Crippen LogP contribution in [0.3, 0.4) is 0 Å². The van der Waals surface area contributed by atoms with Crippen molar-refractivity contribution >= 4 is 0 Å². The van der Waals surface area contributed by atoms with Gasteiger partial charge in [-0.15, -0.1) is 0 Å². The van der Waals surface area contributed by atoms with Gasteiger partial charge in [-0.3, -0.25) is 0 Å². The zero-order valence-corrected chi connectivity index (χ0v) is 19.0. The molecular formula is C24H51NO2. The van der Waals surface area contributed by atoms with E-state index >= 15 is 0 Å². The minimum Gasteiger partial charge on any atom is -0.633 e. The van der Waals surface area contributed by atoms with Crippen molar-refractivity contribution in [2.75, 3.05) is 19.6 Å². The van der Waals surface area contributed by atoms with Gasteiger partial charge in [0, 0.05) is 0 Å². The molecule has 0 aliphatic rings. The van der Waals surface area contributed by atoms with Crippen molar-refractivity contribution in [2.24, 2.45) is 0 Å². The third-order valence-electron chi connectivity index (χ3n) is 5.70. The molecule has 0 saturated heterocycles. The van der Waals surface area contributed by atoms with Crippen LogP contribution >= 0.6 is 0 Å². The molecule has 0 aromatic heterocycles. The molecule has 1 unspecified atom stereocenters. The molecular weight excluding hydrogens is 334 g/mol. The zero-order chi connectivity index (χ0) is 20.2. The molecule has 0 rings (SSSR count). The Balaban J connectivity index is 3.43. The molecule has 0 bridgehead atoms. The van der Waals surface area contributed by atoms with Crippen LogP contribution < -0.4 is 0 Å². The lowest BCUT2D eigenvalue weighted by molar-refractivity contribution is -0.884. The minimum absolute atomic E-state index is 0.202. The molecule has 0 spiro atoms. The molecule has 164 valence electrons. The number of hydrogen-bond donors (Lipinski definition) is 1. The van der Waals surface area contributed by atoms with Gasteiger partial charge in [0.25, 0.3) is 0 Å². The van der Waals surface area contributed by atoms with E-state index in [2.05, 4.69) is 20.8 Å². The van der Waals surface area contributed by atoms with Gasteiger partial charge in [-0.2, -0.15) is 0 Å². The lowest BCUT2D eigenvalue weighted by Gasteiger charge is -2.44. The first-order valence-corrected chi connectivity index (χ1v) is 12.3. The molecule has 0 aliphatic heterocycles. The summed E-state index contributed by atoms with van der Waals surface area (Å²) in [5.74, 6) is 0. The molecule has 1 N–H and O–H groups in total. The van der Waals surface area contributed by atoms with Crippen LogP contribution in [-0.2, 0) is 0 Å². The molecule has 0 saturated carbocycles. The Morgan fingerprint density at radius 2 is 0.963 bits per heavy atom. The summed E-state index contributed by atoms with van der Waals surface area (Å²) in [4.78, 5) is 0. The van der Waals surface area contributed by atoms with Gasteiger partial charge in [-0.05, 0) is 19.3 Å². The Hall–Kier alpha value is -0.120. The number of aliphatic hydroxyl groups excluding tert-OH is 1.